The Morgan fingerprint density at radius 2 is 2.00 bits per heavy atom. The van der Waals surface area contributed by atoms with E-state index in [1.165, 1.54) is 11.0 Å². The summed E-state index contributed by atoms with van der Waals surface area (Å²) >= 11 is 4.29. The lowest BCUT2D eigenvalue weighted by atomic mass is 10.1. The summed E-state index contributed by atoms with van der Waals surface area (Å²) in [5.41, 5.74) is 2.61. The van der Waals surface area contributed by atoms with Crippen LogP contribution in [0, 0.1) is 12.7 Å². The summed E-state index contributed by atoms with van der Waals surface area (Å²) in [6, 6.07) is 10.4. The molecule has 2 nitrogen and oxygen atoms in total. The zero-order valence-electron chi connectivity index (χ0n) is 10.4. The molecule has 96 valence electrons. The first-order valence-electron chi connectivity index (χ1n) is 5.97. The number of carbonyl (C=O) groups excluding carboxylic acids is 1. The topological polar surface area (TPSA) is 20.3 Å². The van der Waals surface area contributed by atoms with Crippen LogP contribution in [0.3, 0.4) is 0 Å². The molecule has 3 rings (SSSR count). The van der Waals surface area contributed by atoms with Gasteiger partial charge in [0.05, 0.1) is 12.2 Å². The Morgan fingerprint density at radius 3 is 2.74 bits per heavy atom. The fraction of sp³-hybridized carbons (Fsp3) is 0.133. The number of anilines is 1. The number of fused-ring (bicyclic) bond motifs is 1. The number of hydrogen-bond donors (Lipinski definition) is 1. The molecule has 19 heavy (non-hydrogen) atoms. The molecular weight excluding hydrogens is 261 g/mol. The van der Waals surface area contributed by atoms with Crippen molar-refractivity contribution >= 4 is 24.2 Å². The minimum atomic E-state index is -0.392. The molecule has 0 N–H and O–H groups in total. The number of carbonyl (C=O) groups is 1. The first kappa shape index (κ1) is 12.2. The van der Waals surface area contributed by atoms with Crippen LogP contribution in [-0.4, -0.2) is 5.91 Å². The molecule has 0 unspecified atom stereocenters. The fourth-order valence-corrected chi connectivity index (χ4v) is 2.49. The summed E-state index contributed by atoms with van der Waals surface area (Å²) in [5.74, 6) is -0.553. The molecule has 0 fully saturated rings. The van der Waals surface area contributed by atoms with Crippen molar-refractivity contribution in [2.45, 2.75) is 18.4 Å². The van der Waals surface area contributed by atoms with Crippen LogP contribution >= 0.6 is 12.6 Å². The predicted molar refractivity (Wildman–Crippen MR) is 75.3 cm³/mol. The van der Waals surface area contributed by atoms with Gasteiger partial charge in [-0.05, 0) is 36.2 Å². The molecule has 0 bridgehead atoms. The van der Waals surface area contributed by atoms with Gasteiger partial charge in [-0.3, -0.25) is 4.79 Å². The fourth-order valence-electron chi connectivity index (χ4n) is 2.31. The van der Waals surface area contributed by atoms with Crippen molar-refractivity contribution in [1.29, 1.82) is 0 Å². The van der Waals surface area contributed by atoms with Crippen LogP contribution in [0.5, 0.6) is 0 Å². The van der Waals surface area contributed by atoms with Gasteiger partial charge in [-0.25, -0.2) is 4.39 Å². The monoisotopic (exact) mass is 273 g/mol. The van der Waals surface area contributed by atoms with Gasteiger partial charge in [0.25, 0.3) is 5.91 Å². The molecular formula is C15H12FNOS. The number of thiol groups is 1. The largest absolute Gasteiger partial charge is 0.301 e. The van der Waals surface area contributed by atoms with Crippen LogP contribution in [0.25, 0.3) is 0 Å². The average molecular weight is 273 g/mol. The molecule has 1 aliphatic rings. The highest BCUT2D eigenvalue weighted by Gasteiger charge is 2.29. The zero-order valence-corrected chi connectivity index (χ0v) is 11.2. The van der Waals surface area contributed by atoms with E-state index in [-0.39, 0.29) is 11.6 Å². The summed E-state index contributed by atoms with van der Waals surface area (Å²) < 4.78 is 14.1. The van der Waals surface area contributed by atoms with Crippen molar-refractivity contribution in [1.82, 2.24) is 0 Å². The zero-order chi connectivity index (χ0) is 13.6. The Hall–Kier alpha value is -1.81. The van der Waals surface area contributed by atoms with Crippen molar-refractivity contribution < 1.29 is 9.18 Å². The first-order chi connectivity index (χ1) is 9.08. The summed E-state index contributed by atoms with van der Waals surface area (Å²) in [4.78, 5) is 14.4. The van der Waals surface area contributed by atoms with Gasteiger partial charge in [0.2, 0.25) is 0 Å². The Kier molecular flexibility index (Phi) is 2.82. The molecule has 0 aliphatic carbocycles. The lowest BCUT2D eigenvalue weighted by molar-refractivity contribution is 0.0995. The van der Waals surface area contributed by atoms with Gasteiger partial charge < -0.3 is 4.90 Å². The SMILES string of the molecule is Cc1cc(F)c(N2Cc3ccccc3C2=O)cc1S. The van der Waals surface area contributed by atoms with Crippen molar-refractivity contribution in [3.05, 3.63) is 58.9 Å². The number of nitrogens with zero attached hydrogens (tertiary/aromatic N) is 1. The smallest absolute Gasteiger partial charge is 0.259 e. The van der Waals surface area contributed by atoms with Crippen molar-refractivity contribution in [2.24, 2.45) is 0 Å². The highest BCUT2D eigenvalue weighted by Crippen LogP contribution is 2.32. The molecule has 0 saturated heterocycles. The highest BCUT2D eigenvalue weighted by molar-refractivity contribution is 7.80. The predicted octanol–water partition coefficient (Wildman–Crippen LogP) is 3.58. The quantitative estimate of drug-likeness (QED) is 0.787. The van der Waals surface area contributed by atoms with Crippen molar-refractivity contribution in [3.8, 4) is 0 Å². The molecule has 1 amide bonds. The maximum atomic E-state index is 14.1. The maximum Gasteiger partial charge on any atom is 0.259 e. The van der Waals surface area contributed by atoms with E-state index in [1.54, 1.807) is 19.1 Å². The van der Waals surface area contributed by atoms with Gasteiger partial charge in [0.1, 0.15) is 5.82 Å². The minimum absolute atomic E-state index is 0.161. The van der Waals surface area contributed by atoms with Crippen LogP contribution in [0.15, 0.2) is 41.3 Å². The molecule has 0 atom stereocenters. The minimum Gasteiger partial charge on any atom is -0.301 e. The normalized spacial score (nSPS) is 13.8. The molecule has 1 aliphatic heterocycles. The van der Waals surface area contributed by atoms with Gasteiger partial charge in [-0.1, -0.05) is 18.2 Å². The van der Waals surface area contributed by atoms with E-state index in [0.717, 1.165) is 11.1 Å². The summed E-state index contributed by atoms with van der Waals surface area (Å²) in [6.07, 6.45) is 0. The van der Waals surface area contributed by atoms with E-state index in [4.69, 9.17) is 0 Å². The molecule has 0 aromatic heterocycles. The summed E-state index contributed by atoms with van der Waals surface area (Å²) in [7, 11) is 0. The second-order valence-electron chi connectivity index (χ2n) is 4.64. The number of halogens is 1. The van der Waals surface area contributed by atoms with Gasteiger partial charge in [-0.15, -0.1) is 12.6 Å². The third kappa shape index (κ3) is 1.92. The first-order valence-corrected chi connectivity index (χ1v) is 6.41. The number of amides is 1. The Morgan fingerprint density at radius 1 is 1.26 bits per heavy atom. The molecule has 1 heterocycles. The molecule has 0 saturated carbocycles. The second-order valence-corrected chi connectivity index (χ2v) is 5.12. The molecule has 2 aromatic rings. The molecule has 2 aromatic carbocycles. The molecule has 4 heteroatoms. The lowest BCUT2D eigenvalue weighted by Crippen LogP contribution is -2.24. The van der Waals surface area contributed by atoms with E-state index >= 15 is 0 Å². The van der Waals surface area contributed by atoms with Crippen LogP contribution < -0.4 is 4.90 Å². The van der Waals surface area contributed by atoms with Gasteiger partial charge in [-0.2, -0.15) is 0 Å². The third-order valence-corrected chi connectivity index (χ3v) is 3.86. The van der Waals surface area contributed by atoms with E-state index in [9.17, 15) is 9.18 Å². The third-order valence-electron chi connectivity index (χ3n) is 3.38. The van der Waals surface area contributed by atoms with Crippen LogP contribution in [0.2, 0.25) is 0 Å². The lowest BCUT2D eigenvalue weighted by Gasteiger charge is -2.17. The summed E-state index contributed by atoms with van der Waals surface area (Å²) in [6.45, 7) is 2.19. The molecule has 0 spiro atoms. The maximum absolute atomic E-state index is 14.1. The van der Waals surface area contributed by atoms with Gasteiger partial charge >= 0.3 is 0 Å². The van der Waals surface area contributed by atoms with Gasteiger partial charge in [0, 0.05) is 10.5 Å². The number of rotatable bonds is 1. The van der Waals surface area contributed by atoms with Crippen molar-refractivity contribution in [3.63, 3.8) is 0 Å². The Labute approximate surface area is 116 Å². The van der Waals surface area contributed by atoms with Crippen LogP contribution in [0.1, 0.15) is 21.5 Å². The van der Waals surface area contributed by atoms with Gasteiger partial charge in [0.15, 0.2) is 0 Å². The van der Waals surface area contributed by atoms with E-state index in [1.807, 2.05) is 18.2 Å². The Bertz CT molecular complexity index is 684. The highest BCUT2D eigenvalue weighted by atomic mass is 32.1. The number of aryl methyl sites for hydroxylation is 1. The van der Waals surface area contributed by atoms with E-state index < -0.39 is 5.82 Å². The second kappa shape index (κ2) is 4.38. The van der Waals surface area contributed by atoms with Crippen molar-refractivity contribution in [2.75, 3.05) is 4.90 Å². The Balaban J connectivity index is 2.07. The standard InChI is InChI=1S/C15H12FNOS/c1-9-6-12(16)13(7-14(9)19)17-8-10-4-2-3-5-11(10)15(17)18/h2-7,19H,8H2,1H3. The number of benzene rings is 2. The van der Waals surface area contributed by atoms with E-state index in [2.05, 4.69) is 12.6 Å². The van der Waals surface area contributed by atoms with Crippen LogP contribution in [-0.2, 0) is 6.54 Å². The van der Waals surface area contributed by atoms with Crippen LogP contribution in [0.4, 0.5) is 10.1 Å². The molecule has 0 radical (unpaired) electrons. The van der Waals surface area contributed by atoms with E-state index in [0.29, 0.717) is 17.0 Å². The average Bonchev–Trinajstić information content (AvgIpc) is 2.72. The number of hydrogen-bond acceptors (Lipinski definition) is 2. The summed E-state index contributed by atoms with van der Waals surface area (Å²) in [5, 5.41) is 0.